The zero-order valence-electron chi connectivity index (χ0n) is 14.7. The Morgan fingerprint density at radius 2 is 2.12 bits per heavy atom. The number of nitrogens with zero attached hydrogens (tertiary/aromatic N) is 3. The van der Waals surface area contributed by atoms with Crippen molar-refractivity contribution in [2.45, 2.75) is 32.2 Å². The third-order valence-electron chi connectivity index (χ3n) is 4.75. The van der Waals surface area contributed by atoms with Gasteiger partial charge in [-0.3, -0.25) is 4.79 Å². The molecule has 138 valence electrons. The van der Waals surface area contributed by atoms with E-state index in [1.165, 1.54) is 0 Å². The molecule has 0 aliphatic carbocycles. The Labute approximate surface area is 151 Å². The summed E-state index contributed by atoms with van der Waals surface area (Å²) in [4.78, 5) is 14.4. The molecule has 2 aliphatic heterocycles. The Morgan fingerprint density at radius 1 is 1.27 bits per heavy atom. The molecule has 0 radical (unpaired) electrons. The quantitative estimate of drug-likeness (QED) is 0.891. The normalized spacial score (nSPS) is 19.3. The molecule has 0 spiro atoms. The van der Waals surface area contributed by atoms with Gasteiger partial charge < -0.3 is 19.7 Å². The largest absolute Gasteiger partial charge is 0.486 e. The van der Waals surface area contributed by atoms with Gasteiger partial charge >= 0.3 is 0 Å². The minimum Gasteiger partial charge on any atom is -0.486 e. The molecule has 0 unspecified atom stereocenters. The molecule has 0 saturated carbocycles. The van der Waals surface area contributed by atoms with E-state index >= 15 is 0 Å². The smallest absolute Gasteiger partial charge is 0.228 e. The van der Waals surface area contributed by atoms with E-state index in [4.69, 9.17) is 9.47 Å². The maximum absolute atomic E-state index is 12.6. The zero-order chi connectivity index (χ0) is 17.9. The molecule has 2 aromatic rings. The number of rotatable bonds is 4. The molecule has 1 atom stereocenters. The maximum Gasteiger partial charge on any atom is 0.228 e. The number of hydrogen-bond acceptors (Lipinski definition) is 7. The molecule has 8 heteroatoms. The van der Waals surface area contributed by atoms with Crippen LogP contribution in [0.5, 0.6) is 11.5 Å². The molecule has 1 fully saturated rings. The number of ether oxygens (including phenoxy) is 2. The lowest BCUT2D eigenvalue weighted by molar-refractivity contribution is -0.131. The highest BCUT2D eigenvalue weighted by Gasteiger charge is 2.25. The van der Waals surface area contributed by atoms with Crippen molar-refractivity contribution in [3.05, 3.63) is 29.6 Å². The fourth-order valence-corrected chi connectivity index (χ4v) is 3.36. The number of likely N-dealkylation sites (tertiary alicyclic amines) is 1. The molecule has 1 aromatic heterocycles. The van der Waals surface area contributed by atoms with Gasteiger partial charge in [-0.25, -0.2) is 4.63 Å². The lowest BCUT2D eigenvalue weighted by Crippen LogP contribution is -2.45. The molecule has 1 saturated heterocycles. The van der Waals surface area contributed by atoms with E-state index in [1.807, 2.05) is 23.1 Å². The van der Waals surface area contributed by atoms with Crippen molar-refractivity contribution in [3.63, 3.8) is 0 Å². The van der Waals surface area contributed by atoms with E-state index in [-0.39, 0.29) is 18.4 Å². The fraction of sp³-hybridized carbons (Fsp3) is 0.500. The van der Waals surface area contributed by atoms with Crippen LogP contribution in [0.4, 0.5) is 5.69 Å². The molecule has 1 N–H and O–H groups in total. The molecule has 3 heterocycles. The molecule has 26 heavy (non-hydrogen) atoms. The first-order valence-corrected chi connectivity index (χ1v) is 8.91. The molecule has 0 bridgehead atoms. The van der Waals surface area contributed by atoms with E-state index in [0.717, 1.165) is 36.6 Å². The molecular weight excluding hydrogens is 336 g/mol. The molecule has 8 nitrogen and oxygen atoms in total. The molecule has 2 aliphatic rings. The van der Waals surface area contributed by atoms with Gasteiger partial charge in [0.2, 0.25) is 5.91 Å². The second-order valence-electron chi connectivity index (χ2n) is 6.65. The number of piperidine rings is 1. The van der Waals surface area contributed by atoms with Crippen LogP contribution in [0, 0.1) is 6.92 Å². The number of carbonyl (C=O) groups is 1. The highest BCUT2D eigenvalue weighted by Crippen LogP contribution is 2.33. The average Bonchev–Trinajstić information content (AvgIpc) is 3.06. The summed E-state index contributed by atoms with van der Waals surface area (Å²) >= 11 is 0. The van der Waals surface area contributed by atoms with Crippen LogP contribution in [0.3, 0.4) is 0 Å². The third kappa shape index (κ3) is 3.58. The predicted molar refractivity (Wildman–Crippen MR) is 93.4 cm³/mol. The van der Waals surface area contributed by atoms with Crippen LogP contribution in [0.15, 0.2) is 22.8 Å². The van der Waals surface area contributed by atoms with Gasteiger partial charge in [0, 0.05) is 30.9 Å². The summed E-state index contributed by atoms with van der Waals surface area (Å²) in [6.07, 6.45) is 2.21. The second kappa shape index (κ2) is 7.23. The van der Waals surface area contributed by atoms with E-state index in [2.05, 4.69) is 20.3 Å². The molecule has 1 amide bonds. The van der Waals surface area contributed by atoms with Crippen LogP contribution in [-0.2, 0) is 11.2 Å². The van der Waals surface area contributed by atoms with Gasteiger partial charge in [0.1, 0.15) is 24.6 Å². The number of aromatic nitrogens is 2. The van der Waals surface area contributed by atoms with Gasteiger partial charge in [-0.2, -0.15) is 0 Å². The van der Waals surface area contributed by atoms with Gasteiger partial charge in [-0.05, 0) is 31.9 Å². The highest BCUT2D eigenvalue weighted by molar-refractivity contribution is 5.78. The number of anilines is 1. The van der Waals surface area contributed by atoms with E-state index < -0.39 is 0 Å². The summed E-state index contributed by atoms with van der Waals surface area (Å²) in [5, 5.41) is 11.0. The Hall–Kier alpha value is -2.77. The highest BCUT2D eigenvalue weighted by atomic mass is 16.6. The Bertz CT molecular complexity index is 791. The average molecular weight is 358 g/mol. The Kier molecular flexibility index (Phi) is 4.64. The van der Waals surface area contributed by atoms with Crippen molar-refractivity contribution in [2.24, 2.45) is 0 Å². The van der Waals surface area contributed by atoms with Gasteiger partial charge in [0.05, 0.1) is 6.42 Å². The molecular formula is C18H22N4O4. The van der Waals surface area contributed by atoms with Gasteiger partial charge in [0.15, 0.2) is 11.5 Å². The van der Waals surface area contributed by atoms with E-state index in [1.54, 1.807) is 6.92 Å². The van der Waals surface area contributed by atoms with Crippen molar-refractivity contribution >= 4 is 11.6 Å². The van der Waals surface area contributed by atoms with E-state index in [9.17, 15) is 4.79 Å². The van der Waals surface area contributed by atoms with Crippen molar-refractivity contribution in [1.29, 1.82) is 0 Å². The number of hydrogen-bond donors (Lipinski definition) is 1. The maximum atomic E-state index is 12.6. The second-order valence-corrected chi connectivity index (χ2v) is 6.65. The number of nitrogens with one attached hydrogen (secondary N) is 1. The van der Waals surface area contributed by atoms with Crippen molar-refractivity contribution in [2.75, 3.05) is 31.6 Å². The lowest BCUT2D eigenvalue weighted by Gasteiger charge is -2.34. The fourth-order valence-electron chi connectivity index (χ4n) is 3.36. The Morgan fingerprint density at radius 3 is 2.92 bits per heavy atom. The summed E-state index contributed by atoms with van der Waals surface area (Å²) in [5.74, 6) is 1.59. The third-order valence-corrected chi connectivity index (χ3v) is 4.75. The van der Waals surface area contributed by atoms with Gasteiger partial charge in [-0.15, -0.1) is 0 Å². The first kappa shape index (κ1) is 16.7. The molecule has 4 rings (SSSR count). The monoisotopic (exact) mass is 358 g/mol. The van der Waals surface area contributed by atoms with Crippen LogP contribution in [0.2, 0.25) is 0 Å². The van der Waals surface area contributed by atoms with Crippen molar-refractivity contribution in [3.8, 4) is 11.5 Å². The number of aryl methyl sites for hydroxylation is 1. The standard InChI is InChI=1S/C18H22N4O4/c1-12-15(21-26-20-12)10-18(23)22-6-2-3-14(11-22)19-13-4-5-16-17(9-13)25-8-7-24-16/h4-5,9,14,19H,2-3,6-8,10-11H2,1H3/t14-/m1/s1. The topological polar surface area (TPSA) is 89.7 Å². The summed E-state index contributed by atoms with van der Waals surface area (Å²) in [6.45, 7) is 4.38. The van der Waals surface area contributed by atoms with Crippen molar-refractivity contribution in [1.82, 2.24) is 15.2 Å². The summed E-state index contributed by atoms with van der Waals surface area (Å²) < 4.78 is 15.9. The van der Waals surface area contributed by atoms with Crippen LogP contribution in [0.1, 0.15) is 24.2 Å². The van der Waals surface area contributed by atoms with Crippen molar-refractivity contribution < 1.29 is 18.9 Å². The Balaban J connectivity index is 1.37. The first-order valence-electron chi connectivity index (χ1n) is 8.91. The number of carbonyl (C=O) groups excluding carboxylic acids is 1. The van der Waals surface area contributed by atoms with Crippen LogP contribution in [0.25, 0.3) is 0 Å². The van der Waals surface area contributed by atoms with Crippen LogP contribution in [-0.4, -0.2) is 53.5 Å². The predicted octanol–water partition coefficient (Wildman–Crippen LogP) is 1.79. The summed E-state index contributed by atoms with van der Waals surface area (Å²) in [7, 11) is 0. The van der Waals surface area contributed by atoms with Crippen LogP contribution < -0.4 is 14.8 Å². The zero-order valence-corrected chi connectivity index (χ0v) is 14.7. The number of amides is 1. The van der Waals surface area contributed by atoms with Gasteiger partial charge in [0.25, 0.3) is 0 Å². The lowest BCUT2D eigenvalue weighted by atomic mass is 10.0. The van der Waals surface area contributed by atoms with E-state index in [0.29, 0.717) is 31.1 Å². The van der Waals surface area contributed by atoms with Crippen LogP contribution >= 0.6 is 0 Å². The minimum atomic E-state index is 0.0532. The number of fused-ring (bicyclic) bond motifs is 1. The number of benzene rings is 1. The van der Waals surface area contributed by atoms with Gasteiger partial charge in [-0.1, -0.05) is 10.3 Å². The summed E-state index contributed by atoms with van der Waals surface area (Å²) in [5.41, 5.74) is 2.25. The first-order chi connectivity index (χ1) is 12.7. The SMILES string of the molecule is Cc1nonc1CC(=O)N1CCC[C@@H](Nc2ccc3c(c2)OCCO3)C1. The molecule has 1 aromatic carbocycles. The minimum absolute atomic E-state index is 0.0532. The summed E-state index contributed by atoms with van der Waals surface area (Å²) in [6, 6.07) is 6.06.